The molecule has 1 aromatic rings. The predicted octanol–water partition coefficient (Wildman–Crippen LogP) is 3.19. The van der Waals surface area contributed by atoms with Crippen molar-refractivity contribution in [2.24, 2.45) is 5.92 Å². The highest BCUT2D eigenvalue weighted by Crippen LogP contribution is 2.33. The molecule has 3 heteroatoms. The molecule has 0 amide bonds. The molecule has 0 radical (unpaired) electrons. The van der Waals surface area contributed by atoms with E-state index in [1.807, 2.05) is 0 Å². The first-order chi connectivity index (χ1) is 8.37. The molecule has 2 rings (SSSR count). The van der Waals surface area contributed by atoms with Crippen molar-refractivity contribution in [1.29, 1.82) is 0 Å². The van der Waals surface area contributed by atoms with Crippen molar-refractivity contribution in [2.45, 2.75) is 72.5 Å². The Morgan fingerprint density at radius 3 is 2.50 bits per heavy atom. The van der Waals surface area contributed by atoms with Gasteiger partial charge in [-0.05, 0) is 47.0 Å². The van der Waals surface area contributed by atoms with Gasteiger partial charge in [-0.25, -0.2) is 0 Å². The number of aromatic nitrogens is 2. The first-order valence-corrected chi connectivity index (χ1v) is 7.15. The fourth-order valence-electron chi connectivity index (χ4n) is 2.27. The van der Waals surface area contributed by atoms with E-state index in [0.717, 1.165) is 19.0 Å². The van der Waals surface area contributed by atoms with Crippen LogP contribution in [-0.2, 0) is 13.1 Å². The average Bonchev–Trinajstić information content (AvgIpc) is 3.02. The summed E-state index contributed by atoms with van der Waals surface area (Å²) in [5.74, 6) is 0.977. The number of hydrogen-bond donors (Lipinski definition) is 1. The maximum absolute atomic E-state index is 4.69. The van der Waals surface area contributed by atoms with Gasteiger partial charge in [-0.1, -0.05) is 12.8 Å². The Kier molecular flexibility index (Phi) is 3.81. The molecule has 0 bridgehead atoms. The summed E-state index contributed by atoms with van der Waals surface area (Å²) < 4.78 is 2.20. The smallest absolute Gasteiger partial charge is 0.0641 e. The lowest BCUT2D eigenvalue weighted by molar-refractivity contribution is 0.423. The summed E-state index contributed by atoms with van der Waals surface area (Å²) in [6, 6.07) is 0. The summed E-state index contributed by atoms with van der Waals surface area (Å²) in [4.78, 5) is 0. The zero-order valence-electron chi connectivity index (χ0n) is 12.5. The van der Waals surface area contributed by atoms with Crippen LogP contribution in [0.5, 0.6) is 0 Å². The highest BCUT2D eigenvalue weighted by atomic mass is 15.3. The Morgan fingerprint density at radius 1 is 1.28 bits per heavy atom. The van der Waals surface area contributed by atoms with Crippen LogP contribution in [0, 0.1) is 19.8 Å². The number of nitrogens with zero attached hydrogens (tertiary/aromatic N) is 2. The normalized spacial score (nSPS) is 16.3. The highest BCUT2D eigenvalue weighted by molar-refractivity contribution is 5.24. The number of hydrogen-bond acceptors (Lipinski definition) is 2. The van der Waals surface area contributed by atoms with Gasteiger partial charge < -0.3 is 5.32 Å². The molecule has 0 aromatic carbocycles. The third kappa shape index (κ3) is 3.58. The Bertz CT molecular complexity index is 408. The molecule has 3 nitrogen and oxygen atoms in total. The van der Waals surface area contributed by atoms with Gasteiger partial charge in [-0.2, -0.15) is 5.10 Å². The second kappa shape index (κ2) is 5.04. The number of nitrogens with one attached hydrogen (secondary N) is 1. The van der Waals surface area contributed by atoms with Crippen LogP contribution in [0.2, 0.25) is 0 Å². The maximum atomic E-state index is 4.69. The van der Waals surface area contributed by atoms with Crippen LogP contribution < -0.4 is 5.32 Å². The minimum atomic E-state index is 0.162. The summed E-state index contributed by atoms with van der Waals surface area (Å²) in [5.41, 5.74) is 4.06. The summed E-state index contributed by atoms with van der Waals surface area (Å²) in [6.45, 7) is 12.9. The van der Waals surface area contributed by atoms with Crippen LogP contribution in [-0.4, -0.2) is 15.3 Å². The Morgan fingerprint density at radius 2 is 1.94 bits per heavy atom. The molecule has 0 saturated heterocycles. The van der Waals surface area contributed by atoms with Crippen molar-refractivity contribution in [3.63, 3.8) is 0 Å². The lowest BCUT2D eigenvalue weighted by Gasteiger charge is -2.20. The lowest BCUT2D eigenvalue weighted by Crippen LogP contribution is -2.35. The summed E-state index contributed by atoms with van der Waals surface area (Å²) >= 11 is 0. The van der Waals surface area contributed by atoms with E-state index < -0.39 is 0 Å². The molecule has 1 aliphatic carbocycles. The van der Waals surface area contributed by atoms with Gasteiger partial charge in [0.2, 0.25) is 0 Å². The molecule has 0 atom stereocenters. The Labute approximate surface area is 111 Å². The zero-order chi connectivity index (χ0) is 13.3. The monoisotopic (exact) mass is 249 g/mol. The molecule has 102 valence electrons. The van der Waals surface area contributed by atoms with Gasteiger partial charge in [0.05, 0.1) is 5.69 Å². The molecule has 1 saturated carbocycles. The fraction of sp³-hybridized carbons (Fsp3) is 0.800. The van der Waals surface area contributed by atoms with Gasteiger partial charge in [0.1, 0.15) is 0 Å². The van der Waals surface area contributed by atoms with Crippen molar-refractivity contribution in [2.75, 3.05) is 0 Å². The van der Waals surface area contributed by atoms with Gasteiger partial charge >= 0.3 is 0 Å². The standard InChI is InChI=1S/C15H27N3/c1-11-14(10-16-15(3,4)5)12(2)18(17-11)9-8-13-6-7-13/h13,16H,6-10H2,1-5H3. The number of aryl methyl sites for hydroxylation is 2. The molecule has 1 aliphatic rings. The molecule has 1 fully saturated rings. The molecule has 18 heavy (non-hydrogen) atoms. The minimum absolute atomic E-state index is 0.162. The third-order valence-corrected chi connectivity index (χ3v) is 3.77. The maximum Gasteiger partial charge on any atom is 0.0641 e. The van der Waals surface area contributed by atoms with Gasteiger partial charge in [0, 0.05) is 29.9 Å². The molecule has 0 aliphatic heterocycles. The van der Waals surface area contributed by atoms with Crippen LogP contribution in [0.3, 0.4) is 0 Å². The molecular formula is C15H27N3. The largest absolute Gasteiger partial charge is 0.308 e. The molecule has 1 N–H and O–H groups in total. The van der Waals surface area contributed by atoms with Gasteiger partial charge in [0.15, 0.2) is 0 Å². The SMILES string of the molecule is Cc1nn(CCC2CC2)c(C)c1CNC(C)(C)C. The van der Waals surface area contributed by atoms with E-state index in [1.165, 1.54) is 36.2 Å². The summed E-state index contributed by atoms with van der Waals surface area (Å²) in [7, 11) is 0. The van der Waals surface area contributed by atoms with Gasteiger partial charge in [-0.3, -0.25) is 4.68 Å². The highest BCUT2D eigenvalue weighted by Gasteiger charge is 2.22. The van der Waals surface area contributed by atoms with E-state index >= 15 is 0 Å². The molecular weight excluding hydrogens is 222 g/mol. The first-order valence-electron chi connectivity index (χ1n) is 7.15. The van der Waals surface area contributed by atoms with Crippen LogP contribution in [0.1, 0.15) is 57.0 Å². The fourth-order valence-corrected chi connectivity index (χ4v) is 2.27. The van der Waals surface area contributed by atoms with Crippen molar-refractivity contribution in [1.82, 2.24) is 15.1 Å². The van der Waals surface area contributed by atoms with Crippen LogP contribution in [0.4, 0.5) is 0 Å². The average molecular weight is 249 g/mol. The molecule has 0 spiro atoms. The first kappa shape index (κ1) is 13.6. The van der Waals surface area contributed by atoms with Gasteiger partial charge in [-0.15, -0.1) is 0 Å². The predicted molar refractivity (Wildman–Crippen MR) is 75.6 cm³/mol. The quantitative estimate of drug-likeness (QED) is 0.868. The van der Waals surface area contributed by atoms with Crippen molar-refractivity contribution >= 4 is 0 Å². The second-order valence-corrected chi connectivity index (χ2v) is 6.71. The van der Waals surface area contributed by atoms with Gasteiger partial charge in [0.25, 0.3) is 0 Å². The Hall–Kier alpha value is -0.830. The van der Waals surface area contributed by atoms with E-state index in [-0.39, 0.29) is 5.54 Å². The molecule has 1 heterocycles. The molecule has 1 aromatic heterocycles. The van der Waals surface area contributed by atoms with Crippen LogP contribution >= 0.6 is 0 Å². The summed E-state index contributed by atoms with van der Waals surface area (Å²) in [5, 5.41) is 8.24. The van der Waals surface area contributed by atoms with E-state index in [0.29, 0.717) is 0 Å². The van der Waals surface area contributed by atoms with Crippen LogP contribution in [0.15, 0.2) is 0 Å². The van der Waals surface area contributed by atoms with Crippen molar-refractivity contribution in [3.8, 4) is 0 Å². The van der Waals surface area contributed by atoms with Crippen molar-refractivity contribution in [3.05, 3.63) is 17.0 Å². The topological polar surface area (TPSA) is 29.9 Å². The minimum Gasteiger partial charge on any atom is -0.308 e. The van der Waals surface area contributed by atoms with E-state index in [1.54, 1.807) is 0 Å². The Balaban J connectivity index is 2.00. The second-order valence-electron chi connectivity index (χ2n) is 6.71. The van der Waals surface area contributed by atoms with Crippen LogP contribution in [0.25, 0.3) is 0 Å². The van der Waals surface area contributed by atoms with E-state index in [4.69, 9.17) is 0 Å². The summed E-state index contributed by atoms with van der Waals surface area (Å²) in [6.07, 6.45) is 4.16. The third-order valence-electron chi connectivity index (χ3n) is 3.77. The lowest BCUT2D eigenvalue weighted by atomic mass is 10.1. The number of rotatable bonds is 5. The van der Waals surface area contributed by atoms with Crippen molar-refractivity contribution < 1.29 is 0 Å². The zero-order valence-corrected chi connectivity index (χ0v) is 12.5. The van der Waals surface area contributed by atoms with E-state index in [9.17, 15) is 0 Å². The van der Waals surface area contributed by atoms with E-state index in [2.05, 4.69) is 49.7 Å². The molecule has 0 unspecified atom stereocenters.